The average molecular weight is 267 g/mol. The van der Waals surface area contributed by atoms with Gasteiger partial charge in [0.2, 0.25) is 0 Å². The van der Waals surface area contributed by atoms with Crippen molar-refractivity contribution in [1.82, 2.24) is 9.78 Å². The highest BCUT2D eigenvalue weighted by Crippen LogP contribution is 2.16. The number of aliphatic hydroxyl groups is 1. The van der Waals surface area contributed by atoms with Crippen molar-refractivity contribution < 1.29 is 5.11 Å². The van der Waals surface area contributed by atoms with Gasteiger partial charge >= 0.3 is 0 Å². The molecule has 0 aliphatic carbocycles. The first-order valence-corrected chi connectivity index (χ1v) is 5.44. The summed E-state index contributed by atoms with van der Waals surface area (Å²) in [5, 5.41) is 13.5. The largest absolute Gasteiger partial charge is 0.389 e. The molecule has 2 rings (SSSR count). The van der Waals surface area contributed by atoms with E-state index in [9.17, 15) is 5.11 Å². The van der Waals surface area contributed by atoms with Crippen LogP contribution >= 0.6 is 15.9 Å². The van der Waals surface area contributed by atoms with E-state index in [1.807, 2.05) is 30.5 Å². The van der Waals surface area contributed by atoms with Gasteiger partial charge in [-0.2, -0.15) is 5.10 Å². The molecule has 0 saturated heterocycles. The fourth-order valence-corrected chi connectivity index (χ4v) is 1.63. The molecule has 78 valence electrons. The van der Waals surface area contributed by atoms with E-state index in [2.05, 4.69) is 21.0 Å². The summed E-state index contributed by atoms with van der Waals surface area (Å²) in [4.78, 5) is 0. The van der Waals surface area contributed by atoms with Crippen molar-refractivity contribution in [3.63, 3.8) is 0 Å². The number of rotatable bonds is 2. The Bertz CT molecular complexity index is 448. The van der Waals surface area contributed by atoms with Crippen LogP contribution in [0.3, 0.4) is 0 Å². The lowest BCUT2D eigenvalue weighted by Crippen LogP contribution is -1.96. The average Bonchev–Trinajstić information content (AvgIpc) is 2.65. The third-order valence-corrected chi connectivity index (χ3v) is 2.60. The normalized spacial score (nSPS) is 12.7. The van der Waals surface area contributed by atoms with Crippen LogP contribution in [-0.2, 0) is 0 Å². The van der Waals surface area contributed by atoms with Gasteiger partial charge in [0, 0.05) is 6.20 Å². The monoisotopic (exact) mass is 266 g/mol. The second-order valence-electron chi connectivity index (χ2n) is 3.37. The molecule has 1 heterocycles. The quantitative estimate of drug-likeness (QED) is 0.908. The molecule has 1 aromatic carbocycles. The Morgan fingerprint density at radius 2 is 2.00 bits per heavy atom. The fraction of sp³-hybridized carbons (Fsp3) is 0.182. The number of benzene rings is 1. The Morgan fingerprint density at radius 3 is 2.47 bits per heavy atom. The van der Waals surface area contributed by atoms with E-state index in [4.69, 9.17) is 0 Å². The topological polar surface area (TPSA) is 38.0 Å². The molecule has 0 aliphatic heterocycles. The minimum atomic E-state index is -0.427. The van der Waals surface area contributed by atoms with Crippen molar-refractivity contribution in [1.29, 1.82) is 0 Å². The minimum Gasteiger partial charge on any atom is -0.389 e. The Kier molecular flexibility index (Phi) is 2.88. The Labute approximate surface area is 96.5 Å². The molecule has 0 amide bonds. The first-order chi connectivity index (χ1) is 7.16. The molecule has 0 radical (unpaired) electrons. The van der Waals surface area contributed by atoms with E-state index in [0.717, 1.165) is 15.7 Å². The molecular weight excluding hydrogens is 256 g/mol. The number of halogens is 1. The summed E-state index contributed by atoms with van der Waals surface area (Å²) in [5.41, 5.74) is 1.88. The zero-order valence-electron chi connectivity index (χ0n) is 8.26. The van der Waals surface area contributed by atoms with Gasteiger partial charge in [-0.1, -0.05) is 12.1 Å². The second-order valence-corrected chi connectivity index (χ2v) is 4.29. The van der Waals surface area contributed by atoms with E-state index in [0.29, 0.717) is 0 Å². The van der Waals surface area contributed by atoms with Crippen LogP contribution in [0, 0.1) is 0 Å². The van der Waals surface area contributed by atoms with Crippen LogP contribution in [0.5, 0.6) is 0 Å². The molecular formula is C11H11BrN2O. The van der Waals surface area contributed by atoms with Crippen LogP contribution < -0.4 is 0 Å². The molecule has 2 aromatic rings. The van der Waals surface area contributed by atoms with E-state index in [1.54, 1.807) is 17.8 Å². The van der Waals surface area contributed by atoms with Gasteiger partial charge in [0.25, 0.3) is 0 Å². The second kappa shape index (κ2) is 4.16. The summed E-state index contributed by atoms with van der Waals surface area (Å²) in [7, 11) is 0. The van der Waals surface area contributed by atoms with E-state index < -0.39 is 6.10 Å². The van der Waals surface area contributed by atoms with Crippen LogP contribution in [-0.4, -0.2) is 14.9 Å². The van der Waals surface area contributed by atoms with Gasteiger partial charge in [0.15, 0.2) is 0 Å². The number of aliphatic hydroxyl groups excluding tert-OH is 1. The molecule has 0 bridgehead atoms. The summed E-state index contributed by atoms with van der Waals surface area (Å²) >= 11 is 3.34. The SMILES string of the molecule is C[C@H](O)c1ccc(-n2cc(Br)cn2)cc1. The molecule has 0 aliphatic rings. The Hall–Kier alpha value is -1.13. The lowest BCUT2D eigenvalue weighted by atomic mass is 10.1. The fourth-order valence-electron chi connectivity index (χ4n) is 1.35. The smallest absolute Gasteiger partial charge is 0.0761 e. The third kappa shape index (κ3) is 2.27. The lowest BCUT2D eigenvalue weighted by Gasteiger charge is -2.06. The van der Waals surface area contributed by atoms with Gasteiger partial charge in [-0.15, -0.1) is 0 Å². The van der Waals surface area contributed by atoms with Gasteiger partial charge in [0.05, 0.1) is 22.5 Å². The highest BCUT2D eigenvalue weighted by molar-refractivity contribution is 9.10. The molecule has 0 saturated carbocycles. The van der Waals surface area contributed by atoms with Crippen molar-refractivity contribution >= 4 is 15.9 Å². The summed E-state index contributed by atoms with van der Waals surface area (Å²) < 4.78 is 2.72. The van der Waals surface area contributed by atoms with Gasteiger partial charge in [-0.25, -0.2) is 4.68 Å². The zero-order valence-corrected chi connectivity index (χ0v) is 9.85. The molecule has 1 atom stereocenters. The van der Waals surface area contributed by atoms with Crippen molar-refractivity contribution in [2.75, 3.05) is 0 Å². The van der Waals surface area contributed by atoms with Crippen LogP contribution in [0.25, 0.3) is 5.69 Å². The lowest BCUT2D eigenvalue weighted by molar-refractivity contribution is 0.199. The van der Waals surface area contributed by atoms with Crippen LogP contribution in [0.1, 0.15) is 18.6 Å². The van der Waals surface area contributed by atoms with Gasteiger partial charge in [0.1, 0.15) is 0 Å². The molecule has 0 fully saturated rings. The van der Waals surface area contributed by atoms with Crippen LogP contribution in [0.2, 0.25) is 0 Å². The highest BCUT2D eigenvalue weighted by atomic mass is 79.9. The Morgan fingerprint density at radius 1 is 1.33 bits per heavy atom. The molecule has 0 unspecified atom stereocenters. The molecule has 0 spiro atoms. The molecule has 1 aromatic heterocycles. The summed E-state index contributed by atoms with van der Waals surface area (Å²) in [5.74, 6) is 0. The summed E-state index contributed by atoms with van der Waals surface area (Å²) in [6, 6.07) is 7.66. The molecule has 15 heavy (non-hydrogen) atoms. The first-order valence-electron chi connectivity index (χ1n) is 4.65. The molecule has 4 heteroatoms. The van der Waals surface area contributed by atoms with Gasteiger partial charge in [-0.05, 0) is 40.5 Å². The van der Waals surface area contributed by atoms with Crippen molar-refractivity contribution in [3.8, 4) is 5.69 Å². The van der Waals surface area contributed by atoms with E-state index in [1.165, 1.54) is 0 Å². The van der Waals surface area contributed by atoms with Gasteiger partial charge < -0.3 is 5.11 Å². The van der Waals surface area contributed by atoms with Crippen LogP contribution in [0.15, 0.2) is 41.1 Å². The van der Waals surface area contributed by atoms with Crippen LogP contribution in [0.4, 0.5) is 0 Å². The van der Waals surface area contributed by atoms with E-state index in [-0.39, 0.29) is 0 Å². The maximum atomic E-state index is 9.36. The molecule has 1 N–H and O–H groups in total. The summed E-state index contributed by atoms with van der Waals surface area (Å²) in [6.07, 6.45) is 3.20. The predicted molar refractivity (Wildman–Crippen MR) is 61.9 cm³/mol. The zero-order chi connectivity index (χ0) is 10.8. The maximum Gasteiger partial charge on any atom is 0.0761 e. The van der Waals surface area contributed by atoms with Gasteiger partial charge in [-0.3, -0.25) is 0 Å². The predicted octanol–water partition coefficient (Wildman–Crippen LogP) is 2.69. The third-order valence-electron chi connectivity index (χ3n) is 2.19. The number of hydrogen-bond acceptors (Lipinski definition) is 2. The number of hydrogen-bond donors (Lipinski definition) is 1. The van der Waals surface area contributed by atoms with Crippen molar-refractivity contribution in [2.45, 2.75) is 13.0 Å². The van der Waals surface area contributed by atoms with Crippen molar-refractivity contribution in [3.05, 3.63) is 46.7 Å². The standard InChI is InChI=1S/C11H11BrN2O/c1-8(15)9-2-4-11(5-3-9)14-7-10(12)6-13-14/h2-8,15H,1H3/t8-/m0/s1. The number of aromatic nitrogens is 2. The minimum absolute atomic E-state index is 0.427. The van der Waals surface area contributed by atoms with Crippen molar-refractivity contribution in [2.24, 2.45) is 0 Å². The first kappa shape index (κ1) is 10.4. The highest BCUT2D eigenvalue weighted by Gasteiger charge is 2.02. The maximum absolute atomic E-state index is 9.36. The van der Waals surface area contributed by atoms with E-state index >= 15 is 0 Å². The number of nitrogens with zero attached hydrogens (tertiary/aromatic N) is 2. The summed E-state index contributed by atoms with van der Waals surface area (Å²) in [6.45, 7) is 1.75. The molecule has 3 nitrogen and oxygen atoms in total. The Balaban J connectivity index is 2.31.